The van der Waals surface area contributed by atoms with Gasteiger partial charge in [0.2, 0.25) is 0 Å². The van der Waals surface area contributed by atoms with Gasteiger partial charge in [0.25, 0.3) is 0 Å². The van der Waals surface area contributed by atoms with Gasteiger partial charge in [-0.05, 0) is 19.1 Å². The topological polar surface area (TPSA) is 52.6 Å². The lowest BCUT2D eigenvalue weighted by atomic mass is 10.4. The van der Waals surface area contributed by atoms with Crippen LogP contribution in [0.25, 0.3) is 0 Å². The van der Waals surface area contributed by atoms with Crippen molar-refractivity contribution in [1.82, 2.24) is 10.2 Å². The molecule has 0 aromatic heterocycles. The first kappa shape index (κ1) is 14.9. The molecule has 5 heteroatoms. The number of rotatable bonds is 6. The lowest BCUT2D eigenvalue weighted by molar-refractivity contribution is 0.144. The van der Waals surface area contributed by atoms with E-state index in [0.29, 0.717) is 13.1 Å². The fraction of sp³-hybridized carbons (Fsp3) is 0.462. The number of aliphatic hydroxyl groups excluding tert-OH is 1. The Bertz CT molecular complexity index is 357. The average molecular weight is 268 g/mol. The van der Waals surface area contributed by atoms with Gasteiger partial charge in [-0.3, -0.25) is 0 Å². The summed E-state index contributed by atoms with van der Waals surface area (Å²) in [7, 11) is 1.67. The Kier molecular flexibility index (Phi) is 6.60. The van der Waals surface area contributed by atoms with Crippen LogP contribution in [0.2, 0.25) is 0 Å². The maximum Gasteiger partial charge on any atom is 0.317 e. The molecule has 1 rings (SSSR count). The van der Waals surface area contributed by atoms with Crippen molar-refractivity contribution < 1.29 is 9.90 Å². The molecule has 0 bridgehead atoms. The summed E-state index contributed by atoms with van der Waals surface area (Å²) in [6.07, 6.45) is -0.501. The highest BCUT2D eigenvalue weighted by molar-refractivity contribution is 7.99. The summed E-state index contributed by atoms with van der Waals surface area (Å²) < 4.78 is 0. The minimum atomic E-state index is -0.501. The van der Waals surface area contributed by atoms with Crippen molar-refractivity contribution in [2.45, 2.75) is 17.9 Å². The number of urea groups is 1. The van der Waals surface area contributed by atoms with Crippen LogP contribution < -0.4 is 5.32 Å². The lowest BCUT2D eigenvalue weighted by Crippen LogP contribution is -2.41. The first-order valence-corrected chi connectivity index (χ1v) is 6.93. The van der Waals surface area contributed by atoms with Crippen LogP contribution in [-0.4, -0.2) is 48.0 Å². The molecule has 0 radical (unpaired) electrons. The average Bonchev–Trinajstić information content (AvgIpc) is 2.34. The monoisotopic (exact) mass is 268 g/mol. The minimum Gasteiger partial charge on any atom is -0.392 e. The standard InChI is InChI=1S/C13H20N2O2S/c1-11(16)10-15(2)13(17)14-8-9-18-12-6-4-3-5-7-12/h3-7,11,16H,8-10H2,1-2H3,(H,14,17). The molecule has 2 amide bonds. The lowest BCUT2D eigenvalue weighted by Gasteiger charge is -2.19. The van der Waals surface area contributed by atoms with Gasteiger partial charge in [-0.25, -0.2) is 4.79 Å². The largest absolute Gasteiger partial charge is 0.392 e. The highest BCUT2D eigenvalue weighted by atomic mass is 32.2. The summed E-state index contributed by atoms with van der Waals surface area (Å²) in [5, 5.41) is 12.0. The van der Waals surface area contributed by atoms with E-state index in [2.05, 4.69) is 5.32 Å². The van der Waals surface area contributed by atoms with Crippen LogP contribution in [0.15, 0.2) is 35.2 Å². The number of hydrogen-bond donors (Lipinski definition) is 2. The smallest absolute Gasteiger partial charge is 0.317 e. The van der Waals surface area contributed by atoms with Crippen LogP contribution in [0, 0.1) is 0 Å². The third kappa shape index (κ3) is 5.93. The second kappa shape index (κ2) is 8.00. The van der Waals surface area contributed by atoms with Crippen LogP contribution in [0.1, 0.15) is 6.92 Å². The van der Waals surface area contributed by atoms with Crippen LogP contribution in [-0.2, 0) is 0 Å². The number of nitrogens with one attached hydrogen (secondary N) is 1. The molecule has 1 aromatic carbocycles. The third-order valence-corrected chi connectivity index (χ3v) is 3.29. The highest BCUT2D eigenvalue weighted by Crippen LogP contribution is 2.15. The van der Waals surface area contributed by atoms with Gasteiger partial charge in [0.05, 0.1) is 6.10 Å². The molecule has 18 heavy (non-hydrogen) atoms. The molecule has 0 fully saturated rings. The molecule has 0 spiro atoms. The Hall–Kier alpha value is -1.20. The summed E-state index contributed by atoms with van der Waals surface area (Å²) in [6, 6.07) is 9.92. The van der Waals surface area contributed by atoms with Crippen molar-refractivity contribution in [2.75, 3.05) is 25.9 Å². The number of nitrogens with zero attached hydrogens (tertiary/aromatic N) is 1. The molecule has 0 aliphatic heterocycles. The number of amides is 2. The molecule has 0 saturated carbocycles. The van der Waals surface area contributed by atoms with Crippen LogP contribution in [0.3, 0.4) is 0 Å². The molecule has 0 aliphatic carbocycles. The molecular weight excluding hydrogens is 248 g/mol. The first-order chi connectivity index (χ1) is 8.59. The van der Waals surface area contributed by atoms with E-state index in [1.165, 1.54) is 9.80 Å². The molecule has 0 saturated heterocycles. The fourth-order valence-electron chi connectivity index (χ4n) is 1.46. The van der Waals surface area contributed by atoms with Crippen molar-refractivity contribution >= 4 is 17.8 Å². The number of likely N-dealkylation sites (N-methyl/N-ethyl adjacent to an activating group) is 1. The second-order valence-corrected chi connectivity index (χ2v) is 5.29. The zero-order valence-corrected chi connectivity index (χ0v) is 11.6. The molecule has 0 aliphatic rings. The molecular formula is C13H20N2O2S. The number of carbonyl (C=O) groups is 1. The predicted molar refractivity (Wildman–Crippen MR) is 74.9 cm³/mol. The van der Waals surface area contributed by atoms with Crippen molar-refractivity contribution in [3.05, 3.63) is 30.3 Å². The minimum absolute atomic E-state index is 0.149. The van der Waals surface area contributed by atoms with Gasteiger partial charge in [-0.2, -0.15) is 0 Å². The van der Waals surface area contributed by atoms with E-state index in [9.17, 15) is 4.79 Å². The van der Waals surface area contributed by atoms with E-state index in [0.717, 1.165) is 5.75 Å². The molecule has 1 unspecified atom stereocenters. The predicted octanol–water partition coefficient (Wildman–Crippen LogP) is 1.80. The Morgan fingerprint density at radius 1 is 1.44 bits per heavy atom. The number of carbonyl (C=O) groups excluding carboxylic acids is 1. The van der Waals surface area contributed by atoms with Crippen LogP contribution >= 0.6 is 11.8 Å². The normalized spacial score (nSPS) is 11.9. The highest BCUT2D eigenvalue weighted by Gasteiger charge is 2.09. The summed E-state index contributed by atoms with van der Waals surface area (Å²) >= 11 is 1.71. The first-order valence-electron chi connectivity index (χ1n) is 5.94. The van der Waals surface area contributed by atoms with Gasteiger partial charge in [0, 0.05) is 30.8 Å². The van der Waals surface area contributed by atoms with Crippen molar-refractivity contribution in [3.8, 4) is 0 Å². The van der Waals surface area contributed by atoms with E-state index in [1.807, 2.05) is 30.3 Å². The van der Waals surface area contributed by atoms with Gasteiger partial charge < -0.3 is 15.3 Å². The third-order valence-electron chi connectivity index (χ3n) is 2.28. The van der Waals surface area contributed by atoms with E-state index in [4.69, 9.17) is 5.11 Å². The summed E-state index contributed by atoms with van der Waals surface area (Å²) in [5.74, 6) is 0.832. The molecule has 2 N–H and O–H groups in total. The van der Waals surface area contributed by atoms with Crippen LogP contribution in [0.5, 0.6) is 0 Å². The zero-order valence-electron chi connectivity index (χ0n) is 10.8. The quantitative estimate of drug-likeness (QED) is 0.611. The van der Waals surface area contributed by atoms with Gasteiger partial charge in [0.1, 0.15) is 0 Å². The number of hydrogen-bond acceptors (Lipinski definition) is 3. The van der Waals surface area contributed by atoms with Gasteiger partial charge in [0.15, 0.2) is 0 Å². The number of benzene rings is 1. The maximum atomic E-state index is 11.6. The molecule has 100 valence electrons. The Morgan fingerprint density at radius 3 is 2.72 bits per heavy atom. The Morgan fingerprint density at radius 2 is 2.11 bits per heavy atom. The van der Waals surface area contributed by atoms with E-state index in [1.54, 1.807) is 25.7 Å². The Balaban J connectivity index is 2.16. The molecule has 0 heterocycles. The van der Waals surface area contributed by atoms with Crippen molar-refractivity contribution in [2.24, 2.45) is 0 Å². The summed E-state index contributed by atoms with van der Waals surface area (Å²) in [5.41, 5.74) is 0. The second-order valence-electron chi connectivity index (χ2n) is 4.12. The molecule has 1 atom stereocenters. The van der Waals surface area contributed by atoms with E-state index >= 15 is 0 Å². The van der Waals surface area contributed by atoms with E-state index < -0.39 is 6.10 Å². The van der Waals surface area contributed by atoms with Gasteiger partial charge in [-0.15, -0.1) is 11.8 Å². The summed E-state index contributed by atoms with van der Waals surface area (Å²) in [4.78, 5) is 14.3. The fourth-order valence-corrected chi connectivity index (χ4v) is 2.25. The van der Waals surface area contributed by atoms with Crippen molar-refractivity contribution in [1.29, 1.82) is 0 Å². The SMILES string of the molecule is CC(O)CN(C)C(=O)NCCSc1ccccc1. The van der Waals surface area contributed by atoms with Gasteiger partial charge >= 0.3 is 6.03 Å². The van der Waals surface area contributed by atoms with Gasteiger partial charge in [-0.1, -0.05) is 18.2 Å². The zero-order chi connectivity index (χ0) is 13.4. The van der Waals surface area contributed by atoms with Crippen molar-refractivity contribution in [3.63, 3.8) is 0 Å². The molecule has 4 nitrogen and oxygen atoms in total. The summed E-state index contributed by atoms with van der Waals surface area (Å²) in [6.45, 7) is 2.62. The maximum absolute atomic E-state index is 11.6. The Labute approximate surface area is 112 Å². The molecule has 1 aromatic rings. The van der Waals surface area contributed by atoms with E-state index in [-0.39, 0.29) is 6.03 Å². The van der Waals surface area contributed by atoms with Crippen LogP contribution in [0.4, 0.5) is 4.79 Å². The number of aliphatic hydroxyl groups is 1. The number of thioether (sulfide) groups is 1.